The third kappa shape index (κ3) is 2.89. The van der Waals surface area contributed by atoms with Gasteiger partial charge in [0.15, 0.2) is 0 Å². The van der Waals surface area contributed by atoms with Crippen LogP contribution in [0.1, 0.15) is 27.2 Å². The van der Waals surface area contributed by atoms with Crippen molar-refractivity contribution in [2.45, 2.75) is 32.8 Å². The minimum Gasteiger partial charge on any atom is -0.424 e. The van der Waals surface area contributed by atoms with Crippen LogP contribution >= 0.6 is 0 Å². The Labute approximate surface area is 76.5 Å². The lowest BCUT2D eigenvalue weighted by Crippen LogP contribution is -2.31. The van der Waals surface area contributed by atoms with Gasteiger partial charge < -0.3 is 9.47 Å². The van der Waals surface area contributed by atoms with E-state index in [2.05, 4.69) is 0 Å². The van der Waals surface area contributed by atoms with Gasteiger partial charge in [-0.25, -0.2) is 4.79 Å². The molecule has 0 aliphatic carbocycles. The van der Waals surface area contributed by atoms with Gasteiger partial charge in [0, 0.05) is 0 Å². The van der Waals surface area contributed by atoms with Gasteiger partial charge in [-0.15, -0.1) is 0 Å². The van der Waals surface area contributed by atoms with Crippen molar-refractivity contribution in [2.24, 2.45) is 0 Å². The number of Topliss-reactive ketones (excluding diaryl/α,β-unsaturated/α-hetero) is 1. The highest BCUT2D eigenvalue weighted by atomic mass is 16.7. The largest absolute Gasteiger partial charge is 0.514 e. The summed E-state index contributed by atoms with van der Waals surface area (Å²) in [4.78, 5) is 21.6. The van der Waals surface area contributed by atoms with Gasteiger partial charge in [-0.3, -0.25) is 4.79 Å². The minimum absolute atomic E-state index is 0.0447. The van der Waals surface area contributed by atoms with Crippen molar-refractivity contribution >= 4 is 11.9 Å². The fourth-order valence-electron chi connectivity index (χ4n) is 1.12. The first-order valence-electron chi connectivity index (χ1n) is 4.01. The van der Waals surface area contributed by atoms with Gasteiger partial charge in [-0.1, -0.05) is 0 Å². The van der Waals surface area contributed by atoms with E-state index in [0.29, 0.717) is 5.76 Å². The van der Waals surface area contributed by atoms with Crippen molar-refractivity contribution in [1.82, 2.24) is 0 Å². The highest BCUT2D eigenvalue weighted by molar-refractivity contribution is 5.78. The Hall–Kier alpha value is -1.32. The third-order valence-corrected chi connectivity index (χ3v) is 1.49. The number of carbonyl (C=O) groups is 2. The van der Waals surface area contributed by atoms with E-state index >= 15 is 0 Å². The van der Waals surface area contributed by atoms with Crippen LogP contribution in [0.15, 0.2) is 11.8 Å². The van der Waals surface area contributed by atoms with Crippen LogP contribution in [-0.2, 0) is 14.3 Å². The van der Waals surface area contributed by atoms with Crippen molar-refractivity contribution < 1.29 is 19.1 Å². The molecule has 0 saturated heterocycles. The topological polar surface area (TPSA) is 52.6 Å². The van der Waals surface area contributed by atoms with Gasteiger partial charge in [0.2, 0.25) is 0 Å². The molecule has 0 unspecified atom stereocenters. The molecule has 1 aliphatic heterocycles. The first-order chi connectivity index (χ1) is 5.89. The van der Waals surface area contributed by atoms with Crippen LogP contribution in [0.25, 0.3) is 0 Å². The molecule has 4 nitrogen and oxygen atoms in total. The fourth-order valence-corrected chi connectivity index (χ4v) is 1.12. The molecule has 72 valence electrons. The summed E-state index contributed by atoms with van der Waals surface area (Å²) in [5.41, 5.74) is -0.680. The second-order valence-corrected chi connectivity index (χ2v) is 3.55. The average molecular weight is 184 g/mol. The quantitative estimate of drug-likeness (QED) is 0.614. The molecular formula is C9H12O4. The molecule has 0 N–H and O–H groups in total. The molecule has 1 heterocycles. The maximum absolute atomic E-state index is 10.9. The highest BCUT2D eigenvalue weighted by Gasteiger charge is 2.29. The summed E-state index contributed by atoms with van der Waals surface area (Å²) in [5, 5.41) is 0. The number of hydrogen-bond donors (Lipinski definition) is 0. The normalized spacial score (nSPS) is 19.9. The molecule has 0 atom stereocenters. The summed E-state index contributed by atoms with van der Waals surface area (Å²) < 4.78 is 9.55. The maximum atomic E-state index is 10.9. The van der Waals surface area contributed by atoms with E-state index in [1.54, 1.807) is 19.9 Å². The van der Waals surface area contributed by atoms with Gasteiger partial charge in [0.1, 0.15) is 17.1 Å². The number of hydrogen-bond acceptors (Lipinski definition) is 4. The predicted molar refractivity (Wildman–Crippen MR) is 45.0 cm³/mol. The molecule has 0 bridgehead atoms. The molecule has 0 amide bonds. The second-order valence-electron chi connectivity index (χ2n) is 3.55. The molecule has 0 fully saturated rings. The van der Waals surface area contributed by atoms with Crippen molar-refractivity contribution in [3.63, 3.8) is 0 Å². The minimum atomic E-state index is -0.747. The van der Waals surface area contributed by atoms with Crippen LogP contribution in [0.5, 0.6) is 0 Å². The van der Waals surface area contributed by atoms with Crippen LogP contribution < -0.4 is 0 Å². The van der Waals surface area contributed by atoms with E-state index in [1.807, 2.05) is 0 Å². The van der Waals surface area contributed by atoms with Crippen molar-refractivity contribution in [2.75, 3.05) is 0 Å². The summed E-state index contributed by atoms with van der Waals surface area (Å²) in [7, 11) is 0. The predicted octanol–water partition coefficient (Wildman–Crippen LogP) is 1.79. The molecule has 0 aromatic carbocycles. The van der Waals surface area contributed by atoms with Crippen LogP contribution in [0.2, 0.25) is 0 Å². The second kappa shape index (κ2) is 3.20. The van der Waals surface area contributed by atoms with Crippen LogP contribution in [0.4, 0.5) is 4.79 Å². The van der Waals surface area contributed by atoms with E-state index in [-0.39, 0.29) is 12.2 Å². The van der Waals surface area contributed by atoms with E-state index in [0.717, 1.165) is 0 Å². The summed E-state index contributed by atoms with van der Waals surface area (Å²) in [5.74, 6) is 0.325. The lowest BCUT2D eigenvalue weighted by molar-refractivity contribution is -0.117. The van der Waals surface area contributed by atoms with Gasteiger partial charge in [0.25, 0.3) is 0 Å². The van der Waals surface area contributed by atoms with Crippen LogP contribution in [-0.4, -0.2) is 17.5 Å². The lowest BCUT2D eigenvalue weighted by Gasteiger charge is -2.26. The molecule has 0 saturated carbocycles. The summed E-state index contributed by atoms with van der Waals surface area (Å²) in [6.45, 7) is 4.90. The Balaban J connectivity index is 2.79. The standard InChI is InChI=1S/C9H12O4/c1-6(10)4-7-5-9(2,3)13-8(11)12-7/h5H,4H2,1-3H3. The van der Waals surface area contributed by atoms with E-state index < -0.39 is 11.8 Å². The Kier molecular flexibility index (Phi) is 2.40. The van der Waals surface area contributed by atoms with Crippen LogP contribution in [0.3, 0.4) is 0 Å². The molecule has 0 spiro atoms. The SMILES string of the molecule is CC(=O)CC1=CC(C)(C)OC(=O)O1. The highest BCUT2D eigenvalue weighted by Crippen LogP contribution is 2.23. The Morgan fingerprint density at radius 2 is 2.15 bits per heavy atom. The molecule has 4 heteroatoms. The third-order valence-electron chi connectivity index (χ3n) is 1.49. The van der Waals surface area contributed by atoms with Gasteiger partial charge >= 0.3 is 6.16 Å². The molecule has 0 aromatic rings. The van der Waals surface area contributed by atoms with Crippen molar-refractivity contribution in [3.8, 4) is 0 Å². The summed E-state index contributed by atoms with van der Waals surface area (Å²) in [6, 6.07) is 0. The summed E-state index contributed by atoms with van der Waals surface area (Å²) >= 11 is 0. The molecular weight excluding hydrogens is 172 g/mol. The first-order valence-corrected chi connectivity index (χ1v) is 4.01. The zero-order valence-electron chi connectivity index (χ0n) is 7.92. The van der Waals surface area contributed by atoms with Crippen molar-refractivity contribution in [1.29, 1.82) is 0 Å². The molecule has 1 aliphatic rings. The summed E-state index contributed by atoms with van der Waals surface area (Å²) in [6.07, 6.45) is 1.03. The average Bonchev–Trinajstić information content (AvgIpc) is 1.78. The Morgan fingerprint density at radius 3 is 2.62 bits per heavy atom. The van der Waals surface area contributed by atoms with E-state index in [9.17, 15) is 9.59 Å². The molecule has 1 rings (SSSR count). The van der Waals surface area contributed by atoms with Gasteiger partial charge in [-0.05, 0) is 26.8 Å². The molecule has 13 heavy (non-hydrogen) atoms. The Morgan fingerprint density at radius 1 is 1.54 bits per heavy atom. The smallest absolute Gasteiger partial charge is 0.424 e. The lowest BCUT2D eigenvalue weighted by atomic mass is 10.1. The zero-order chi connectivity index (χ0) is 10.1. The Bertz CT molecular complexity index is 275. The van der Waals surface area contributed by atoms with Crippen molar-refractivity contribution in [3.05, 3.63) is 11.8 Å². The number of allylic oxidation sites excluding steroid dienone is 1. The number of carbonyl (C=O) groups excluding carboxylic acids is 2. The van der Waals surface area contributed by atoms with E-state index in [1.165, 1.54) is 6.92 Å². The van der Waals surface area contributed by atoms with Crippen LogP contribution in [0, 0.1) is 0 Å². The fraction of sp³-hybridized carbons (Fsp3) is 0.556. The number of cyclic esters (lactones) is 2. The molecule has 0 aromatic heterocycles. The number of ketones is 1. The van der Waals surface area contributed by atoms with Gasteiger partial charge in [0.05, 0.1) is 6.42 Å². The van der Waals surface area contributed by atoms with Gasteiger partial charge in [-0.2, -0.15) is 0 Å². The monoisotopic (exact) mass is 184 g/mol. The first kappa shape index (κ1) is 9.77. The number of ether oxygens (including phenoxy) is 2. The van der Waals surface area contributed by atoms with E-state index in [4.69, 9.17) is 9.47 Å². The molecule has 0 radical (unpaired) electrons. The maximum Gasteiger partial charge on any atom is 0.514 e. The number of rotatable bonds is 2. The zero-order valence-corrected chi connectivity index (χ0v) is 7.92.